The molecule has 0 saturated heterocycles. The van der Waals surface area contributed by atoms with Gasteiger partial charge in [-0.3, -0.25) is 0 Å². The molecule has 6 heteroatoms. The van der Waals surface area contributed by atoms with E-state index >= 15 is 0 Å². The molecule has 2 aromatic rings. The van der Waals surface area contributed by atoms with E-state index < -0.39 is 5.95 Å². The van der Waals surface area contributed by atoms with E-state index in [-0.39, 0.29) is 11.8 Å². The maximum absolute atomic E-state index is 12.9. The average Bonchev–Trinajstić information content (AvgIpc) is 2.20. The first kappa shape index (κ1) is 10.6. The van der Waals surface area contributed by atoms with Crippen LogP contribution >= 0.6 is 11.6 Å². The summed E-state index contributed by atoms with van der Waals surface area (Å²) in [4.78, 5) is 7.01. The lowest BCUT2D eigenvalue weighted by Crippen LogP contribution is -1.99. The second-order valence-electron chi connectivity index (χ2n) is 2.94. The lowest BCUT2D eigenvalue weighted by atomic mass is 10.3. The zero-order valence-electron chi connectivity index (χ0n) is 8.02. The molecule has 0 aliphatic rings. The highest BCUT2D eigenvalue weighted by Gasteiger charge is 2.03. The maximum Gasteiger partial charge on any atom is 0.227 e. The third kappa shape index (κ3) is 2.58. The molecule has 0 amide bonds. The van der Waals surface area contributed by atoms with E-state index in [0.29, 0.717) is 10.8 Å². The number of nitrogens with zero attached hydrogens (tertiary/aromatic N) is 2. The van der Waals surface area contributed by atoms with E-state index in [4.69, 9.17) is 22.1 Å². The minimum absolute atomic E-state index is 0.0484. The predicted molar refractivity (Wildman–Crippen MR) is 57.9 cm³/mol. The van der Waals surface area contributed by atoms with Gasteiger partial charge in [-0.2, -0.15) is 14.4 Å². The van der Waals surface area contributed by atoms with Crippen LogP contribution < -0.4 is 10.5 Å². The first-order valence-electron chi connectivity index (χ1n) is 4.37. The molecule has 1 heterocycles. The summed E-state index contributed by atoms with van der Waals surface area (Å²) in [5, 5.41) is 0.584. The molecule has 2 rings (SSSR count). The Morgan fingerprint density at radius 1 is 1.19 bits per heavy atom. The van der Waals surface area contributed by atoms with Crippen molar-refractivity contribution in [3.63, 3.8) is 0 Å². The average molecular weight is 240 g/mol. The molecule has 2 N–H and O–H groups in total. The lowest BCUT2D eigenvalue weighted by molar-refractivity contribution is 0.452. The number of aromatic nitrogens is 2. The number of benzene rings is 1. The maximum atomic E-state index is 12.9. The molecule has 0 saturated carbocycles. The molecule has 16 heavy (non-hydrogen) atoms. The summed E-state index contributed by atoms with van der Waals surface area (Å²) < 4.78 is 18.1. The lowest BCUT2D eigenvalue weighted by Gasteiger charge is -2.04. The fraction of sp³-hybridized carbons (Fsp3) is 0. The number of nitrogen functional groups attached to an aromatic ring is 1. The molecular weight excluding hydrogens is 233 g/mol. The van der Waals surface area contributed by atoms with Gasteiger partial charge in [0.1, 0.15) is 5.75 Å². The third-order valence-corrected chi connectivity index (χ3v) is 1.98. The van der Waals surface area contributed by atoms with Gasteiger partial charge in [-0.25, -0.2) is 0 Å². The summed E-state index contributed by atoms with van der Waals surface area (Å²) in [6.45, 7) is 0. The standard InChI is InChI=1S/C10H7ClFN3O/c11-6-1-3-7(4-2-6)16-9-5-8(12)14-10(13)15-9/h1-5H,(H2,13,14,15). The van der Waals surface area contributed by atoms with Crippen molar-refractivity contribution in [3.05, 3.63) is 41.3 Å². The molecule has 1 aromatic carbocycles. The Morgan fingerprint density at radius 2 is 1.88 bits per heavy atom. The molecule has 0 unspecified atom stereocenters. The number of anilines is 1. The molecule has 4 nitrogen and oxygen atoms in total. The molecule has 0 bridgehead atoms. The Balaban J connectivity index is 2.23. The highest BCUT2D eigenvalue weighted by Crippen LogP contribution is 2.21. The molecule has 0 atom stereocenters. The topological polar surface area (TPSA) is 61.0 Å². The fourth-order valence-electron chi connectivity index (χ4n) is 1.09. The molecule has 0 radical (unpaired) electrons. The van der Waals surface area contributed by atoms with Gasteiger partial charge >= 0.3 is 0 Å². The van der Waals surface area contributed by atoms with E-state index in [1.807, 2.05) is 0 Å². The SMILES string of the molecule is Nc1nc(F)cc(Oc2ccc(Cl)cc2)n1. The van der Waals surface area contributed by atoms with Crippen molar-refractivity contribution in [2.45, 2.75) is 0 Å². The number of halogens is 2. The molecule has 0 aliphatic carbocycles. The summed E-state index contributed by atoms with van der Waals surface area (Å²) >= 11 is 5.70. The van der Waals surface area contributed by atoms with Crippen molar-refractivity contribution in [2.75, 3.05) is 5.73 Å². The number of nitrogens with two attached hydrogens (primary N) is 1. The number of ether oxygens (including phenoxy) is 1. The summed E-state index contributed by atoms with van der Waals surface area (Å²) in [6.07, 6.45) is 0. The van der Waals surface area contributed by atoms with Crippen LogP contribution in [0.25, 0.3) is 0 Å². The molecule has 0 spiro atoms. The quantitative estimate of drug-likeness (QED) is 0.819. The van der Waals surface area contributed by atoms with E-state index in [2.05, 4.69) is 9.97 Å². The van der Waals surface area contributed by atoms with Gasteiger partial charge in [-0.05, 0) is 24.3 Å². The van der Waals surface area contributed by atoms with Gasteiger partial charge in [-0.15, -0.1) is 0 Å². The van der Waals surface area contributed by atoms with Crippen LogP contribution in [0, 0.1) is 5.95 Å². The van der Waals surface area contributed by atoms with Gasteiger partial charge in [0.05, 0.1) is 6.07 Å². The molecule has 0 fully saturated rings. The Kier molecular flexibility index (Phi) is 2.87. The van der Waals surface area contributed by atoms with Crippen LogP contribution in [0.2, 0.25) is 5.02 Å². The Hall–Kier alpha value is -1.88. The van der Waals surface area contributed by atoms with Gasteiger partial charge in [0.25, 0.3) is 0 Å². The fourth-order valence-corrected chi connectivity index (χ4v) is 1.22. The summed E-state index contributed by atoms with van der Waals surface area (Å²) in [7, 11) is 0. The minimum atomic E-state index is -0.739. The van der Waals surface area contributed by atoms with Crippen LogP contribution in [0.5, 0.6) is 11.6 Å². The Bertz CT molecular complexity index is 484. The first-order chi connectivity index (χ1) is 7.63. The Morgan fingerprint density at radius 3 is 2.50 bits per heavy atom. The van der Waals surface area contributed by atoms with Gasteiger partial charge in [0.15, 0.2) is 0 Å². The molecule has 0 aliphatic heterocycles. The van der Waals surface area contributed by atoms with Gasteiger partial charge in [0, 0.05) is 5.02 Å². The van der Waals surface area contributed by atoms with Crippen molar-refractivity contribution in [3.8, 4) is 11.6 Å². The van der Waals surface area contributed by atoms with Crippen LogP contribution in [0.1, 0.15) is 0 Å². The molecular formula is C10H7ClFN3O. The largest absolute Gasteiger partial charge is 0.439 e. The monoisotopic (exact) mass is 239 g/mol. The van der Waals surface area contributed by atoms with E-state index in [1.165, 1.54) is 0 Å². The van der Waals surface area contributed by atoms with Crippen LogP contribution in [0.3, 0.4) is 0 Å². The Labute approximate surface area is 95.9 Å². The van der Waals surface area contributed by atoms with Gasteiger partial charge < -0.3 is 10.5 Å². The van der Waals surface area contributed by atoms with Crippen molar-refractivity contribution < 1.29 is 9.13 Å². The van der Waals surface area contributed by atoms with Gasteiger partial charge in [0.2, 0.25) is 17.8 Å². The van der Waals surface area contributed by atoms with Crippen molar-refractivity contribution >= 4 is 17.5 Å². The van der Waals surface area contributed by atoms with Crippen LogP contribution in [0.15, 0.2) is 30.3 Å². The number of rotatable bonds is 2. The second-order valence-corrected chi connectivity index (χ2v) is 3.38. The minimum Gasteiger partial charge on any atom is -0.439 e. The summed E-state index contributed by atoms with van der Waals surface area (Å²) in [5.41, 5.74) is 5.27. The van der Waals surface area contributed by atoms with Crippen molar-refractivity contribution in [1.82, 2.24) is 9.97 Å². The summed E-state index contributed by atoms with van der Waals surface area (Å²) in [5.74, 6) is -0.380. The third-order valence-electron chi connectivity index (χ3n) is 1.72. The predicted octanol–water partition coefficient (Wildman–Crippen LogP) is 2.64. The van der Waals surface area contributed by atoms with Crippen LogP contribution in [-0.4, -0.2) is 9.97 Å². The normalized spacial score (nSPS) is 10.1. The zero-order valence-corrected chi connectivity index (χ0v) is 8.78. The van der Waals surface area contributed by atoms with E-state index in [1.54, 1.807) is 24.3 Å². The zero-order chi connectivity index (χ0) is 11.5. The second kappa shape index (κ2) is 4.32. The molecule has 1 aromatic heterocycles. The van der Waals surface area contributed by atoms with E-state index in [9.17, 15) is 4.39 Å². The summed E-state index contributed by atoms with van der Waals surface area (Å²) in [6, 6.07) is 7.62. The van der Waals surface area contributed by atoms with Crippen LogP contribution in [0.4, 0.5) is 10.3 Å². The van der Waals surface area contributed by atoms with Crippen molar-refractivity contribution in [1.29, 1.82) is 0 Å². The highest BCUT2D eigenvalue weighted by molar-refractivity contribution is 6.30. The van der Waals surface area contributed by atoms with Gasteiger partial charge in [-0.1, -0.05) is 11.6 Å². The number of hydrogen-bond acceptors (Lipinski definition) is 4. The first-order valence-corrected chi connectivity index (χ1v) is 4.75. The van der Waals surface area contributed by atoms with E-state index in [0.717, 1.165) is 6.07 Å². The van der Waals surface area contributed by atoms with Crippen LogP contribution in [-0.2, 0) is 0 Å². The number of hydrogen-bond donors (Lipinski definition) is 1. The highest BCUT2D eigenvalue weighted by atomic mass is 35.5. The smallest absolute Gasteiger partial charge is 0.227 e. The molecule has 82 valence electrons. The van der Waals surface area contributed by atoms with Crippen molar-refractivity contribution in [2.24, 2.45) is 0 Å².